The molecule has 1 unspecified atom stereocenters. The SMILES string of the molecule is CC(O)Cc1ccc([N+](=O)[O-])c2cnccc12. The molecule has 0 radical (unpaired) electrons. The molecule has 0 aliphatic heterocycles. The Balaban J connectivity index is 2.66. The summed E-state index contributed by atoms with van der Waals surface area (Å²) >= 11 is 0. The third-order valence-electron chi connectivity index (χ3n) is 2.60. The number of hydrogen-bond acceptors (Lipinski definition) is 4. The van der Waals surface area contributed by atoms with Gasteiger partial charge in [0.25, 0.3) is 5.69 Å². The molecular weight excluding hydrogens is 220 g/mol. The Bertz CT molecular complexity index is 567. The first-order chi connectivity index (χ1) is 8.09. The lowest BCUT2D eigenvalue weighted by Gasteiger charge is -2.08. The van der Waals surface area contributed by atoms with Gasteiger partial charge >= 0.3 is 0 Å². The number of benzene rings is 1. The maximum Gasteiger partial charge on any atom is 0.278 e. The number of fused-ring (bicyclic) bond motifs is 1. The molecule has 88 valence electrons. The van der Waals surface area contributed by atoms with Gasteiger partial charge in [0.2, 0.25) is 0 Å². The fraction of sp³-hybridized carbons (Fsp3) is 0.250. The third-order valence-corrected chi connectivity index (χ3v) is 2.60. The van der Waals surface area contributed by atoms with Crippen molar-refractivity contribution >= 4 is 16.5 Å². The first kappa shape index (κ1) is 11.5. The van der Waals surface area contributed by atoms with Crippen molar-refractivity contribution in [2.75, 3.05) is 0 Å². The number of nitrogens with zero attached hydrogens (tertiary/aromatic N) is 2. The van der Waals surface area contributed by atoms with Crippen molar-refractivity contribution in [2.24, 2.45) is 0 Å². The van der Waals surface area contributed by atoms with Crippen LogP contribution in [0.2, 0.25) is 0 Å². The third kappa shape index (κ3) is 2.24. The Morgan fingerprint density at radius 1 is 1.41 bits per heavy atom. The number of aliphatic hydroxyl groups excluding tert-OH is 1. The molecule has 5 heteroatoms. The first-order valence-corrected chi connectivity index (χ1v) is 5.27. The van der Waals surface area contributed by atoms with Gasteiger partial charge in [-0.25, -0.2) is 0 Å². The smallest absolute Gasteiger partial charge is 0.278 e. The van der Waals surface area contributed by atoms with E-state index in [2.05, 4.69) is 4.98 Å². The van der Waals surface area contributed by atoms with E-state index in [0.717, 1.165) is 10.9 Å². The molecule has 1 aromatic heterocycles. The largest absolute Gasteiger partial charge is 0.393 e. The lowest BCUT2D eigenvalue weighted by molar-refractivity contribution is -0.383. The van der Waals surface area contributed by atoms with Crippen molar-refractivity contribution in [3.05, 3.63) is 46.3 Å². The average molecular weight is 232 g/mol. The molecule has 5 nitrogen and oxygen atoms in total. The maximum absolute atomic E-state index is 10.9. The molecule has 2 aromatic rings. The molecule has 17 heavy (non-hydrogen) atoms. The molecule has 2 rings (SSSR count). The Kier molecular flexibility index (Phi) is 3.01. The summed E-state index contributed by atoms with van der Waals surface area (Å²) in [5, 5.41) is 21.6. The Morgan fingerprint density at radius 3 is 2.82 bits per heavy atom. The van der Waals surface area contributed by atoms with Crippen LogP contribution in [0.25, 0.3) is 10.8 Å². The van der Waals surface area contributed by atoms with Crippen molar-refractivity contribution < 1.29 is 10.0 Å². The highest BCUT2D eigenvalue weighted by atomic mass is 16.6. The van der Waals surface area contributed by atoms with Crippen molar-refractivity contribution in [3.63, 3.8) is 0 Å². The molecule has 0 aliphatic carbocycles. The first-order valence-electron chi connectivity index (χ1n) is 5.27. The second kappa shape index (κ2) is 4.47. The molecule has 0 saturated heterocycles. The second-order valence-corrected chi connectivity index (χ2v) is 3.98. The molecule has 0 bridgehead atoms. The van der Waals surface area contributed by atoms with E-state index in [1.807, 2.05) is 0 Å². The summed E-state index contributed by atoms with van der Waals surface area (Å²) in [5.41, 5.74) is 0.936. The van der Waals surface area contributed by atoms with Crippen LogP contribution < -0.4 is 0 Å². The fourth-order valence-corrected chi connectivity index (χ4v) is 1.89. The van der Waals surface area contributed by atoms with Crippen LogP contribution >= 0.6 is 0 Å². The topological polar surface area (TPSA) is 76.3 Å². The van der Waals surface area contributed by atoms with Crippen LogP contribution in [0.3, 0.4) is 0 Å². The van der Waals surface area contributed by atoms with Gasteiger partial charge in [0, 0.05) is 18.5 Å². The van der Waals surface area contributed by atoms with Crippen molar-refractivity contribution in [2.45, 2.75) is 19.4 Å². The molecule has 0 fully saturated rings. The summed E-state index contributed by atoms with van der Waals surface area (Å²) in [6, 6.07) is 4.88. The highest BCUT2D eigenvalue weighted by Crippen LogP contribution is 2.28. The predicted octanol–water partition coefficient (Wildman–Crippen LogP) is 2.07. The van der Waals surface area contributed by atoms with Gasteiger partial charge in [-0.3, -0.25) is 15.1 Å². The van der Waals surface area contributed by atoms with Crippen LogP contribution in [0.15, 0.2) is 30.6 Å². The quantitative estimate of drug-likeness (QED) is 0.649. The minimum atomic E-state index is -0.479. The Hall–Kier alpha value is -2.01. The molecule has 1 aromatic carbocycles. The van der Waals surface area contributed by atoms with Crippen LogP contribution in [-0.4, -0.2) is 21.1 Å². The minimum Gasteiger partial charge on any atom is -0.393 e. The number of nitro groups is 1. The minimum absolute atomic E-state index is 0.0439. The van der Waals surface area contributed by atoms with E-state index in [9.17, 15) is 15.2 Å². The van der Waals surface area contributed by atoms with Gasteiger partial charge in [-0.15, -0.1) is 0 Å². The van der Waals surface area contributed by atoms with Crippen LogP contribution in [0.1, 0.15) is 12.5 Å². The molecule has 0 amide bonds. The van der Waals surface area contributed by atoms with Gasteiger partial charge < -0.3 is 5.11 Å². The number of hydrogen-bond donors (Lipinski definition) is 1. The van der Waals surface area contributed by atoms with Crippen LogP contribution in [0.4, 0.5) is 5.69 Å². The summed E-state index contributed by atoms with van der Waals surface area (Å²) in [7, 11) is 0. The summed E-state index contributed by atoms with van der Waals surface area (Å²) in [6.07, 6.45) is 3.07. The van der Waals surface area contributed by atoms with E-state index < -0.39 is 11.0 Å². The average Bonchev–Trinajstić information content (AvgIpc) is 2.28. The molecular formula is C12H12N2O3. The van der Waals surface area contributed by atoms with Gasteiger partial charge in [0.15, 0.2) is 0 Å². The zero-order valence-electron chi connectivity index (χ0n) is 9.33. The summed E-state index contributed by atoms with van der Waals surface area (Å²) in [5.74, 6) is 0. The van der Waals surface area contributed by atoms with Crippen molar-refractivity contribution in [3.8, 4) is 0 Å². The monoisotopic (exact) mass is 232 g/mol. The van der Waals surface area contributed by atoms with E-state index >= 15 is 0 Å². The van der Waals surface area contributed by atoms with E-state index in [0.29, 0.717) is 11.8 Å². The lowest BCUT2D eigenvalue weighted by atomic mass is 10.0. The molecule has 0 spiro atoms. The van der Waals surface area contributed by atoms with E-state index in [1.165, 1.54) is 12.3 Å². The van der Waals surface area contributed by atoms with Crippen LogP contribution in [-0.2, 0) is 6.42 Å². The zero-order chi connectivity index (χ0) is 12.4. The van der Waals surface area contributed by atoms with Crippen molar-refractivity contribution in [1.82, 2.24) is 4.98 Å². The number of nitro benzene ring substituents is 1. The molecule has 1 N–H and O–H groups in total. The second-order valence-electron chi connectivity index (χ2n) is 3.98. The summed E-state index contributed by atoms with van der Waals surface area (Å²) < 4.78 is 0. The Labute approximate surface area is 97.9 Å². The number of aliphatic hydroxyl groups is 1. The normalized spacial score (nSPS) is 12.6. The molecule has 0 aliphatic rings. The summed E-state index contributed by atoms with van der Waals surface area (Å²) in [6.45, 7) is 1.69. The number of pyridine rings is 1. The fourth-order valence-electron chi connectivity index (χ4n) is 1.89. The van der Waals surface area contributed by atoms with Crippen molar-refractivity contribution in [1.29, 1.82) is 0 Å². The lowest BCUT2D eigenvalue weighted by Crippen LogP contribution is -2.05. The molecule has 0 saturated carbocycles. The predicted molar refractivity (Wildman–Crippen MR) is 63.8 cm³/mol. The highest BCUT2D eigenvalue weighted by molar-refractivity contribution is 5.92. The van der Waals surface area contributed by atoms with Gasteiger partial charge in [0.1, 0.15) is 0 Å². The van der Waals surface area contributed by atoms with Gasteiger partial charge in [-0.05, 0) is 30.4 Å². The number of rotatable bonds is 3. The van der Waals surface area contributed by atoms with Gasteiger partial charge in [-0.2, -0.15) is 0 Å². The van der Waals surface area contributed by atoms with Crippen LogP contribution in [0, 0.1) is 10.1 Å². The Morgan fingerprint density at radius 2 is 2.18 bits per heavy atom. The van der Waals surface area contributed by atoms with E-state index in [4.69, 9.17) is 0 Å². The number of aromatic nitrogens is 1. The standard InChI is InChI=1S/C12H12N2O3/c1-8(15)6-9-2-3-12(14(16)17)11-7-13-5-4-10(9)11/h2-5,7-8,15H,6H2,1H3. The van der Waals surface area contributed by atoms with E-state index in [-0.39, 0.29) is 5.69 Å². The van der Waals surface area contributed by atoms with Gasteiger partial charge in [0.05, 0.1) is 16.4 Å². The molecule has 1 heterocycles. The summed E-state index contributed by atoms with van der Waals surface area (Å²) in [4.78, 5) is 14.4. The highest BCUT2D eigenvalue weighted by Gasteiger charge is 2.14. The van der Waals surface area contributed by atoms with E-state index in [1.54, 1.807) is 25.3 Å². The van der Waals surface area contributed by atoms with Crippen LogP contribution in [0.5, 0.6) is 0 Å². The maximum atomic E-state index is 10.9. The van der Waals surface area contributed by atoms with Gasteiger partial charge in [-0.1, -0.05) is 6.07 Å². The number of non-ortho nitro benzene ring substituents is 1. The zero-order valence-corrected chi connectivity index (χ0v) is 9.33. The molecule has 1 atom stereocenters.